The first-order valence-electron chi connectivity index (χ1n) is 5.29. The first-order valence-corrected chi connectivity index (χ1v) is 6.48. The van der Waals surface area contributed by atoms with E-state index < -0.39 is 5.82 Å². The molecule has 3 nitrogen and oxygen atoms in total. The minimum atomic E-state index is -0.534. The molecule has 0 aliphatic carbocycles. The highest BCUT2D eigenvalue weighted by atomic mass is 35.5. The number of aromatic nitrogens is 2. The Hall–Kier alpha value is -2.03. The number of halogens is 2. The number of pyridine rings is 1. The number of thiazole rings is 1. The minimum Gasteiger partial charge on any atom is -0.263 e. The van der Waals surface area contributed by atoms with E-state index in [1.165, 1.54) is 17.4 Å². The van der Waals surface area contributed by atoms with Gasteiger partial charge in [0.2, 0.25) is 0 Å². The molecule has 0 amide bonds. The van der Waals surface area contributed by atoms with Crippen LogP contribution in [0.2, 0.25) is 5.02 Å². The van der Waals surface area contributed by atoms with Crippen LogP contribution in [0.5, 0.6) is 0 Å². The standard InChI is InChI=1S/C13H5ClFN3S/c14-9-4-8(15)3-7(5-16)12(9)13-18-10-1-2-17-6-11(10)19-13/h1-4,6H. The summed E-state index contributed by atoms with van der Waals surface area (Å²) in [5.74, 6) is -0.534. The molecule has 2 heterocycles. The van der Waals surface area contributed by atoms with E-state index >= 15 is 0 Å². The van der Waals surface area contributed by atoms with Crippen LogP contribution in [0, 0.1) is 17.1 Å². The van der Waals surface area contributed by atoms with Gasteiger partial charge in [-0.1, -0.05) is 11.6 Å². The molecule has 2 aromatic heterocycles. The van der Waals surface area contributed by atoms with Crippen molar-refractivity contribution in [2.24, 2.45) is 0 Å². The molecule has 3 rings (SSSR count). The molecule has 0 unspecified atom stereocenters. The van der Waals surface area contributed by atoms with Gasteiger partial charge in [0.1, 0.15) is 16.9 Å². The maximum atomic E-state index is 13.3. The molecule has 0 bridgehead atoms. The smallest absolute Gasteiger partial charge is 0.127 e. The largest absolute Gasteiger partial charge is 0.263 e. The fourth-order valence-corrected chi connectivity index (χ4v) is 3.12. The van der Waals surface area contributed by atoms with Crippen LogP contribution in [0.15, 0.2) is 30.6 Å². The van der Waals surface area contributed by atoms with E-state index in [0.29, 0.717) is 10.6 Å². The highest BCUT2D eigenvalue weighted by Crippen LogP contribution is 2.36. The highest BCUT2D eigenvalue weighted by molar-refractivity contribution is 7.21. The molecular weight excluding hydrogens is 285 g/mol. The van der Waals surface area contributed by atoms with Gasteiger partial charge in [-0.05, 0) is 18.2 Å². The number of nitrogens with zero attached hydrogens (tertiary/aromatic N) is 3. The Balaban J connectivity index is 2.30. The quantitative estimate of drug-likeness (QED) is 0.680. The van der Waals surface area contributed by atoms with Crippen molar-refractivity contribution in [2.75, 3.05) is 0 Å². The van der Waals surface area contributed by atoms with Crippen LogP contribution in [0.1, 0.15) is 5.56 Å². The number of hydrogen-bond acceptors (Lipinski definition) is 4. The summed E-state index contributed by atoms with van der Waals surface area (Å²) in [5, 5.41) is 9.86. The van der Waals surface area contributed by atoms with Crippen molar-refractivity contribution < 1.29 is 4.39 Å². The molecule has 0 fully saturated rings. The highest BCUT2D eigenvalue weighted by Gasteiger charge is 2.16. The van der Waals surface area contributed by atoms with Gasteiger partial charge in [0.15, 0.2) is 0 Å². The van der Waals surface area contributed by atoms with Gasteiger partial charge in [0, 0.05) is 18.0 Å². The zero-order chi connectivity index (χ0) is 13.4. The molecule has 3 aromatic rings. The molecule has 0 saturated heterocycles. The molecule has 0 radical (unpaired) electrons. The van der Waals surface area contributed by atoms with E-state index in [4.69, 9.17) is 16.9 Å². The Morgan fingerprint density at radius 1 is 1.37 bits per heavy atom. The van der Waals surface area contributed by atoms with Crippen molar-refractivity contribution in [3.63, 3.8) is 0 Å². The third-order valence-electron chi connectivity index (χ3n) is 2.58. The summed E-state index contributed by atoms with van der Waals surface area (Å²) in [4.78, 5) is 8.41. The predicted octanol–water partition coefficient (Wildman–Crippen LogP) is 4.02. The molecule has 1 aromatic carbocycles. The molecule has 92 valence electrons. The molecule has 0 aliphatic heterocycles. The number of fused-ring (bicyclic) bond motifs is 1. The average molecular weight is 290 g/mol. The van der Waals surface area contributed by atoms with Crippen molar-refractivity contribution in [3.05, 3.63) is 47.0 Å². The van der Waals surface area contributed by atoms with Gasteiger partial charge in [-0.15, -0.1) is 11.3 Å². The van der Waals surface area contributed by atoms with Crippen LogP contribution in [0.4, 0.5) is 4.39 Å². The van der Waals surface area contributed by atoms with E-state index in [1.54, 1.807) is 18.5 Å². The third-order valence-corrected chi connectivity index (χ3v) is 3.90. The van der Waals surface area contributed by atoms with E-state index in [0.717, 1.165) is 16.3 Å². The Morgan fingerprint density at radius 3 is 2.95 bits per heavy atom. The maximum absolute atomic E-state index is 13.3. The van der Waals surface area contributed by atoms with Gasteiger partial charge in [-0.25, -0.2) is 9.37 Å². The molecule has 19 heavy (non-hydrogen) atoms. The minimum absolute atomic E-state index is 0.178. The van der Waals surface area contributed by atoms with Crippen molar-refractivity contribution >= 4 is 33.2 Å². The molecule has 6 heteroatoms. The second kappa shape index (κ2) is 4.57. The van der Waals surface area contributed by atoms with Crippen LogP contribution in [-0.4, -0.2) is 9.97 Å². The van der Waals surface area contributed by atoms with Gasteiger partial charge < -0.3 is 0 Å². The van der Waals surface area contributed by atoms with E-state index in [2.05, 4.69) is 9.97 Å². The molecule has 0 atom stereocenters. The van der Waals surface area contributed by atoms with Crippen molar-refractivity contribution in [1.29, 1.82) is 5.26 Å². The second-order valence-electron chi connectivity index (χ2n) is 3.78. The fourth-order valence-electron chi connectivity index (χ4n) is 1.77. The van der Waals surface area contributed by atoms with Gasteiger partial charge in [0.25, 0.3) is 0 Å². The lowest BCUT2D eigenvalue weighted by molar-refractivity contribution is 0.627. The van der Waals surface area contributed by atoms with Gasteiger partial charge >= 0.3 is 0 Å². The maximum Gasteiger partial charge on any atom is 0.127 e. The van der Waals surface area contributed by atoms with Crippen molar-refractivity contribution in [3.8, 4) is 16.6 Å². The zero-order valence-corrected chi connectivity index (χ0v) is 11.0. The fraction of sp³-hybridized carbons (Fsp3) is 0. The molecule has 0 saturated carbocycles. The summed E-state index contributed by atoms with van der Waals surface area (Å²) in [7, 11) is 0. The predicted molar refractivity (Wildman–Crippen MR) is 72.5 cm³/mol. The molecule has 0 spiro atoms. The molecular formula is C13H5ClFN3S. The zero-order valence-electron chi connectivity index (χ0n) is 9.39. The molecule has 0 N–H and O–H groups in total. The summed E-state index contributed by atoms with van der Waals surface area (Å²) in [6.07, 6.45) is 3.34. The first kappa shape index (κ1) is 12.0. The lowest BCUT2D eigenvalue weighted by Gasteiger charge is -2.03. The van der Waals surface area contributed by atoms with Crippen LogP contribution >= 0.6 is 22.9 Å². The first-order chi connectivity index (χ1) is 9.19. The average Bonchev–Trinajstić information content (AvgIpc) is 2.80. The monoisotopic (exact) mass is 289 g/mol. The number of nitriles is 1. The van der Waals surface area contributed by atoms with Gasteiger partial charge in [-0.2, -0.15) is 5.26 Å². The topological polar surface area (TPSA) is 49.6 Å². The van der Waals surface area contributed by atoms with Crippen LogP contribution < -0.4 is 0 Å². The van der Waals surface area contributed by atoms with Crippen molar-refractivity contribution in [2.45, 2.75) is 0 Å². The van der Waals surface area contributed by atoms with Crippen molar-refractivity contribution in [1.82, 2.24) is 9.97 Å². The SMILES string of the molecule is N#Cc1cc(F)cc(Cl)c1-c1nc2ccncc2s1. The number of rotatable bonds is 1. The summed E-state index contributed by atoms with van der Waals surface area (Å²) < 4.78 is 14.1. The number of benzene rings is 1. The van der Waals surface area contributed by atoms with E-state index in [9.17, 15) is 4.39 Å². The summed E-state index contributed by atoms with van der Waals surface area (Å²) in [6.45, 7) is 0. The summed E-state index contributed by atoms with van der Waals surface area (Å²) in [6, 6.07) is 6.06. The lowest BCUT2D eigenvalue weighted by Crippen LogP contribution is -1.88. The molecule has 0 aliphatic rings. The normalized spacial score (nSPS) is 10.6. The summed E-state index contributed by atoms with van der Waals surface area (Å²) >= 11 is 7.40. The van der Waals surface area contributed by atoms with Gasteiger partial charge in [0.05, 0.1) is 20.8 Å². The Kier molecular flexibility index (Phi) is 2.90. The Morgan fingerprint density at radius 2 is 2.21 bits per heavy atom. The second-order valence-corrected chi connectivity index (χ2v) is 5.22. The van der Waals surface area contributed by atoms with Gasteiger partial charge in [-0.3, -0.25) is 4.98 Å². The summed E-state index contributed by atoms with van der Waals surface area (Å²) in [5.41, 5.74) is 1.42. The van der Waals surface area contributed by atoms with E-state index in [-0.39, 0.29) is 10.6 Å². The van der Waals surface area contributed by atoms with Crippen LogP contribution in [0.3, 0.4) is 0 Å². The van der Waals surface area contributed by atoms with Crippen LogP contribution in [-0.2, 0) is 0 Å². The van der Waals surface area contributed by atoms with Crippen LogP contribution in [0.25, 0.3) is 20.8 Å². The Bertz CT molecular complexity index is 789. The van der Waals surface area contributed by atoms with E-state index in [1.807, 2.05) is 6.07 Å². The third kappa shape index (κ3) is 2.05. The Labute approximate surface area is 116 Å². The lowest BCUT2D eigenvalue weighted by atomic mass is 10.1. The number of hydrogen-bond donors (Lipinski definition) is 0.